The zero-order valence-electron chi connectivity index (χ0n) is 11.8. The molecular formula is C14H17N3O3S2. The molecule has 0 bridgehead atoms. The average molecular weight is 339 g/mol. The van der Waals surface area contributed by atoms with Gasteiger partial charge >= 0.3 is 0 Å². The van der Waals surface area contributed by atoms with Gasteiger partial charge < -0.3 is 10.1 Å². The molecular weight excluding hydrogens is 322 g/mol. The first-order valence-corrected chi connectivity index (χ1v) is 9.30. The highest BCUT2D eigenvalue weighted by molar-refractivity contribution is 7.91. The number of benzene rings is 1. The smallest absolute Gasteiger partial charge is 0.249 e. The minimum atomic E-state index is -3.69. The van der Waals surface area contributed by atoms with Crippen molar-refractivity contribution in [3.05, 3.63) is 42.1 Å². The highest BCUT2D eigenvalue weighted by Gasteiger charge is 2.24. The Bertz CT molecular complexity index is 731. The zero-order valence-corrected chi connectivity index (χ0v) is 13.4. The van der Waals surface area contributed by atoms with Crippen molar-refractivity contribution in [2.24, 2.45) is 5.14 Å². The topological polar surface area (TPSA) is 94.3 Å². The van der Waals surface area contributed by atoms with Gasteiger partial charge in [-0.1, -0.05) is 41.7 Å². The highest BCUT2D eigenvalue weighted by atomic mass is 32.2. The second-order valence-corrected chi connectivity index (χ2v) is 7.98. The van der Waals surface area contributed by atoms with Gasteiger partial charge in [0.25, 0.3) is 0 Å². The molecule has 1 saturated heterocycles. The molecule has 1 aliphatic rings. The summed E-state index contributed by atoms with van der Waals surface area (Å²) in [4.78, 5) is 4.08. The number of thiazole rings is 1. The van der Waals surface area contributed by atoms with Gasteiger partial charge in [-0.25, -0.2) is 18.5 Å². The Morgan fingerprint density at radius 2 is 2.09 bits per heavy atom. The van der Waals surface area contributed by atoms with Gasteiger partial charge in [0.2, 0.25) is 10.0 Å². The number of anilines is 1. The number of aromatic nitrogens is 1. The van der Waals surface area contributed by atoms with Crippen molar-refractivity contribution in [1.82, 2.24) is 4.98 Å². The summed E-state index contributed by atoms with van der Waals surface area (Å²) < 4.78 is 28.4. The molecule has 1 fully saturated rings. The maximum absolute atomic E-state index is 11.3. The first-order valence-electron chi connectivity index (χ1n) is 6.94. The molecule has 3 rings (SSSR count). The second-order valence-electron chi connectivity index (χ2n) is 5.17. The fourth-order valence-electron chi connectivity index (χ4n) is 2.46. The molecule has 2 aromatic rings. The van der Waals surface area contributed by atoms with Gasteiger partial charge in [-0.15, -0.1) is 0 Å². The standard InChI is InChI=1S/C14H17N3O3S2/c15-22(18,19)13-9-16-14(21-13)17-11-6-7-20-12(8-11)10-4-2-1-3-5-10/h1-5,9,11-12H,6-8H2,(H,16,17)(H2,15,18,19). The van der Waals surface area contributed by atoms with Crippen molar-refractivity contribution < 1.29 is 13.2 Å². The summed E-state index contributed by atoms with van der Waals surface area (Å²) in [6.45, 7) is 0.657. The fraction of sp³-hybridized carbons (Fsp3) is 0.357. The van der Waals surface area contributed by atoms with E-state index in [4.69, 9.17) is 9.88 Å². The maximum Gasteiger partial charge on any atom is 0.249 e. The number of ether oxygens (including phenoxy) is 1. The van der Waals surface area contributed by atoms with Crippen molar-refractivity contribution in [1.29, 1.82) is 0 Å². The molecule has 3 N–H and O–H groups in total. The van der Waals surface area contributed by atoms with Crippen molar-refractivity contribution in [3.63, 3.8) is 0 Å². The number of nitrogens with zero attached hydrogens (tertiary/aromatic N) is 1. The summed E-state index contributed by atoms with van der Waals surface area (Å²) in [5, 5.41) is 8.95. The Labute approximate surface area is 133 Å². The summed E-state index contributed by atoms with van der Waals surface area (Å²) in [5.74, 6) is 0. The van der Waals surface area contributed by atoms with Crippen LogP contribution in [0.4, 0.5) is 5.13 Å². The average Bonchev–Trinajstić information content (AvgIpc) is 2.97. The number of hydrogen-bond acceptors (Lipinski definition) is 6. The lowest BCUT2D eigenvalue weighted by Crippen LogP contribution is -2.30. The molecule has 0 aliphatic carbocycles. The molecule has 2 unspecified atom stereocenters. The molecule has 0 radical (unpaired) electrons. The third-order valence-corrected chi connectivity index (χ3v) is 5.88. The SMILES string of the molecule is NS(=O)(=O)c1cnc(NC2CCOC(c3ccccc3)C2)s1. The van der Waals surface area contributed by atoms with Gasteiger partial charge in [0.15, 0.2) is 9.34 Å². The molecule has 2 atom stereocenters. The van der Waals surface area contributed by atoms with Crippen LogP contribution < -0.4 is 10.5 Å². The molecule has 0 saturated carbocycles. The van der Waals surface area contributed by atoms with Gasteiger partial charge in [0.1, 0.15) is 0 Å². The van der Waals surface area contributed by atoms with Crippen LogP contribution in [0.2, 0.25) is 0 Å². The van der Waals surface area contributed by atoms with Crippen LogP contribution in [0.3, 0.4) is 0 Å². The van der Waals surface area contributed by atoms with Crippen LogP contribution >= 0.6 is 11.3 Å². The molecule has 0 spiro atoms. The van der Waals surface area contributed by atoms with E-state index < -0.39 is 10.0 Å². The number of nitrogens with two attached hydrogens (primary N) is 1. The predicted molar refractivity (Wildman–Crippen MR) is 85.3 cm³/mol. The molecule has 22 heavy (non-hydrogen) atoms. The van der Waals surface area contributed by atoms with E-state index in [1.807, 2.05) is 18.2 Å². The predicted octanol–water partition coefficient (Wildman–Crippen LogP) is 2.12. The molecule has 1 aliphatic heterocycles. The Morgan fingerprint density at radius 1 is 1.32 bits per heavy atom. The van der Waals surface area contributed by atoms with Gasteiger partial charge in [-0.05, 0) is 18.4 Å². The summed E-state index contributed by atoms with van der Waals surface area (Å²) in [6, 6.07) is 10.3. The molecule has 8 heteroatoms. The third-order valence-electron chi connectivity index (χ3n) is 3.55. The first kappa shape index (κ1) is 15.4. The molecule has 1 aromatic heterocycles. The zero-order chi connectivity index (χ0) is 15.6. The third kappa shape index (κ3) is 3.64. The largest absolute Gasteiger partial charge is 0.373 e. The van der Waals surface area contributed by atoms with Crippen molar-refractivity contribution in [2.45, 2.75) is 29.2 Å². The lowest BCUT2D eigenvalue weighted by molar-refractivity contribution is 0.00979. The molecule has 2 heterocycles. The second kappa shape index (κ2) is 6.33. The molecule has 118 valence electrons. The lowest BCUT2D eigenvalue weighted by Gasteiger charge is -2.30. The number of nitrogens with one attached hydrogen (secondary N) is 1. The van der Waals surface area contributed by atoms with E-state index in [9.17, 15) is 8.42 Å². The Kier molecular flexibility index (Phi) is 4.44. The van der Waals surface area contributed by atoms with E-state index in [1.54, 1.807) is 0 Å². The number of sulfonamides is 1. The van der Waals surface area contributed by atoms with Gasteiger partial charge in [0, 0.05) is 12.6 Å². The maximum atomic E-state index is 11.3. The van der Waals surface area contributed by atoms with E-state index in [2.05, 4.69) is 22.4 Å². The van der Waals surface area contributed by atoms with Crippen LogP contribution in [0.15, 0.2) is 40.7 Å². The number of primary sulfonamides is 1. The molecule has 6 nitrogen and oxygen atoms in total. The van der Waals surface area contributed by atoms with Gasteiger partial charge in [0.05, 0.1) is 12.3 Å². The van der Waals surface area contributed by atoms with E-state index in [0.29, 0.717) is 11.7 Å². The molecule has 1 aromatic carbocycles. The highest BCUT2D eigenvalue weighted by Crippen LogP contribution is 2.31. The van der Waals surface area contributed by atoms with Gasteiger partial charge in [-0.3, -0.25) is 0 Å². The normalized spacial score (nSPS) is 22.4. The first-order chi connectivity index (χ1) is 10.5. The molecule has 0 amide bonds. The minimum absolute atomic E-state index is 0.0464. The van der Waals surface area contributed by atoms with Crippen LogP contribution in [-0.2, 0) is 14.8 Å². The van der Waals surface area contributed by atoms with Crippen LogP contribution in [0.1, 0.15) is 24.5 Å². The van der Waals surface area contributed by atoms with E-state index in [-0.39, 0.29) is 16.4 Å². The Balaban J connectivity index is 1.67. The number of rotatable bonds is 4. The summed E-state index contributed by atoms with van der Waals surface area (Å²) in [5.41, 5.74) is 1.15. The Morgan fingerprint density at radius 3 is 2.77 bits per heavy atom. The Hall–Kier alpha value is -1.48. The summed E-state index contributed by atoms with van der Waals surface area (Å²) >= 11 is 1.05. The monoisotopic (exact) mass is 339 g/mol. The van der Waals surface area contributed by atoms with Crippen LogP contribution in [0, 0.1) is 0 Å². The van der Waals surface area contributed by atoms with Crippen molar-refractivity contribution in [3.8, 4) is 0 Å². The van der Waals surface area contributed by atoms with Gasteiger partial charge in [-0.2, -0.15) is 0 Å². The lowest BCUT2D eigenvalue weighted by atomic mass is 9.98. The minimum Gasteiger partial charge on any atom is -0.373 e. The fourth-order valence-corrected chi connectivity index (χ4v) is 3.99. The van der Waals surface area contributed by atoms with E-state index >= 15 is 0 Å². The quantitative estimate of drug-likeness (QED) is 0.890. The van der Waals surface area contributed by atoms with Crippen LogP contribution in [0.5, 0.6) is 0 Å². The van der Waals surface area contributed by atoms with Crippen LogP contribution in [0.25, 0.3) is 0 Å². The number of hydrogen-bond donors (Lipinski definition) is 2. The van der Waals surface area contributed by atoms with Crippen molar-refractivity contribution in [2.75, 3.05) is 11.9 Å². The van der Waals surface area contributed by atoms with E-state index in [0.717, 1.165) is 29.7 Å². The van der Waals surface area contributed by atoms with E-state index in [1.165, 1.54) is 6.20 Å². The van der Waals surface area contributed by atoms with Crippen molar-refractivity contribution >= 4 is 26.5 Å². The summed E-state index contributed by atoms with van der Waals surface area (Å²) in [6.07, 6.45) is 3.00. The summed E-state index contributed by atoms with van der Waals surface area (Å²) in [7, 11) is -3.69. The van der Waals surface area contributed by atoms with Crippen LogP contribution in [-0.4, -0.2) is 26.1 Å².